The molecule has 0 saturated carbocycles. The lowest BCUT2D eigenvalue weighted by molar-refractivity contribution is 0.187. The molecule has 17 heavy (non-hydrogen) atoms. The molecule has 1 unspecified atom stereocenters. The summed E-state index contributed by atoms with van der Waals surface area (Å²) in [6.45, 7) is 1.92. The zero-order chi connectivity index (χ0) is 12.3. The van der Waals surface area contributed by atoms with Crippen LogP contribution in [-0.4, -0.2) is 24.7 Å². The maximum atomic E-state index is 13.4. The smallest absolute Gasteiger partial charge is 0.178 e. The van der Waals surface area contributed by atoms with Gasteiger partial charge in [-0.1, -0.05) is 0 Å². The number of anilines is 2. The average molecular weight is 244 g/mol. The van der Waals surface area contributed by atoms with Crippen molar-refractivity contribution in [1.29, 1.82) is 0 Å². The molecule has 1 aliphatic heterocycles. The van der Waals surface area contributed by atoms with Crippen molar-refractivity contribution < 1.29 is 13.5 Å². The molecule has 1 atom stereocenters. The second kappa shape index (κ2) is 5.24. The third kappa shape index (κ3) is 2.80. The van der Waals surface area contributed by atoms with Gasteiger partial charge in [-0.25, -0.2) is 19.6 Å². The first-order valence-electron chi connectivity index (χ1n) is 5.35. The summed E-state index contributed by atoms with van der Waals surface area (Å²) >= 11 is 0. The molecule has 0 aliphatic carbocycles. The van der Waals surface area contributed by atoms with Gasteiger partial charge in [0.25, 0.3) is 0 Å². The van der Waals surface area contributed by atoms with E-state index in [1.54, 1.807) is 0 Å². The number of hydrogen-bond donors (Lipinski definition) is 3. The number of halogens is 2. The second-order valence-electron chi connectivity index (χ2n) is 3.90. The molecular weight excluding hydrogens is 230 g/mol. The molecule has 0 amide bonds. The molecule has 1 aromatic rings. The summed E-state index contributed by atoms with van der Waals surface area (Å²) in [6, 6.07) is 0.746. The number of rotatable bonds is 4. The predicted octanol–water partition coefficient (Wildman–Crippen LogP) is 1.09. The van der Waals surface area contributed by atoms with E-state index in [1.165, 1.54) is 0 Å². The van der Waals surface area contributed by atoms with Crippen molar-refractivity contribution in [3.05, 3.63) is 17.7 Å². The minimum atomic E-state index is -0.820. The van der Waals surface area contributed by atoms with Crippen LogP contribution in [0.3, 0.4) is 0 Å². The summed E-state index contributed by atoms with van der Waals surface area (Å²) in [5.41, 5.74) is 2.07. The molecule has 7 heteroatoms. The Bertz CT molecular complexity index is 396. The van der Waals surface area contributed by atoms with E-state index in [0.29, 0.717) is 19.1 Å². The normalized spacial score (nSPS) is 19.4. The molecule has 1 fully saturated rings. The van der Waals surface area contributed by atoms with Crippen molar-refractivity contribution in [2.75, 3.05) is 30.5 Å². The van der Waals surface area contributed by atoms with E-state index >= 15 is 0 Å². The quantitative estimate of drug-likeness (QED) is 0.546. The summed E-state index contributed by atoms with van der Waals surface area (Å²) in [5.74, 6) is 3.65. The molecule has 5 nitrogen and oxygen atoms in total. The number of nitrogen functional groups attached to an aromatic ring is 1. The number of nitrogens with two attached hydrogens (primary N) is 1. The highest BCUT2D eigenvalue weighted by Crippen LogP contribution is 2.19. The monoisotopic (exact) mass is 244 g/mol. The van der Waals surface area contributed by atoms with Gasteiger partial charge in [-0.3, -0.25) is 0 Å². The third-order valence-corrected chi connectivity index (χ3v) is 2.65. The van der Waals surface area contributed by atoms with Crippen molar-refractivity contribution >= 4 is 11.6 Å². The minimum absolute atomic E-state index is 0.00810. The van der Waals surface area contributed by atoms with Gasteiger partial charge >= 0.3 is 0 Å². The summed E-state index contributed by atoms with van der Waals surface area (Å²) < 4.78 is 31.6. The van der Waals surface area contributed by atoms with Crippen LogP contribution in [0.5, 0.6) is 0 Å². The second-order valence-corrected chi connectivity index (χ2v) is 3.90. The van der Waals surface area contributed by atoms with Gasteiger partial charge in [0.2, 0.25) is 0 Å². The third-order valence-electron chi connectivity index (χ3n) is 2.65. The molecule has 0 aromatic carbocycles. The number of aromatic nitrogens is 1. The van der Waals surface area contributed by atoms with Crippen molar-refractivity contribution in [2.24, 2.45) is 11.8 Å². The molecule has 0 bridgehead atoms. The lowest BCUT2D eigenvalue weighted by Gasteiger charge is -2.12. The molecule has 1 saturated heterocycles. The molecular formula is C10H14F2N4O. The van der Waals surface area contributed by atoms with E-state index < -0.39 is 11.6 Å². The molecule has 4 N–H and O–H groups in total. The molecule has 0 radical (unpaired) electrons. The predicted molar refractivity (Wildman–Crippen MR) is 59.4 cm³/mol. The highest BCUT2D eigenvalue weighted by Gasteiger charge is 2.17. The maximum absolute atomic E-state index is 13.4. The number of hydrazine groups is 1. The Labute approximate surface area is 97.3 Å². The van der Waals surface area contributed by atoms with Gasteiger partial charge in [-0.05, 0) is 6.42 Å². The fourth-order valence-corrected chi connectivity index (χ4v) is 1.68. The zero-order valence-corrected chi connectivity index (χ0v) is 9.17. The summed E-state index contributed by atoms with van der Waals surface area (Å²) in [4.78, 5) is 3.71. The molecule has 2 heterocycles. The Morgan fingerprint density at radius 3 is 2.82 bits per heavy atom. The molecule has 2 rings (SSSR count). The largest absolute Gasteiger partial charge is 0.381 e. The number of pyridine rings is 1. The zero-order valence-electron chi connectivity index (χ0n) is 9.17. The highest BCUT2D eigenvalue weighted by molar-refractivity contribution is 5.46. The van der Waals surface area contributed by atoms with Gasteiger partial charge in [0, 0.05) is 25.1 Å². The van der Waals surface area contributed by atoms with Crippen LogP contribution in [0.2, 0.25) is 0 Å². The summed E-state index contributed by atoms with van der Waals surface area (Å²) in [6.07, 6.45) is 0.928. The van der Waals surface area contributed by atoms with Crippen molar-refractivity contribution in [1.82, 2.24) is 4.98 Å². The maximum Gasteiger partial charge on any atom is 0.178 e. The van der Waals surface area contributed by atoms with Crippen LogP contribution in [0.1, 0.15) is 6.42 Å². The van der Waals surface area contributed by atoms with Gasteiger partial charge in [-0.15, -0.1) is 0 Å². The van der Waals surface area contributed by atoms with Crippen LogP contribution in [0.25, 0.3) is 0 Å². The Kier molecular flexibility index (Phi) is 3.70. The van der Waals surface area contributed by atoms with Gasteiger partial charge in [-0.2, -0.15) is 0 Å². The van der Waals surface area contributed by atoms with E-state index in [-0.39, 0.29) is 11.6 Å². The number of nitrogens with zero attached hydrogens (tertiary/aromatic N) is 1. The lowest BCUT2D eigenvalue weighted by Crippen LogP contribution is -2.17. The number of ether oxygens (including phenoxy) is 1. The van der Waals surface area contributed by atoms with E-state index in [2.05, 4.69) is 15.7 Å². The van der Waals surface area contributed by atoms with Crippen LogP contribution >= 0.6 is 0 Å². The van der Waals surface area contributed by atoms with Gasteiger partial charge in [0.05, 0.1) is 6.61 Å². The van der Waals surface area contributed by atoms with Gasteiger partial charge in [0.1, 0.15) is 0 Å². The Morgan fingerprint density at radius 1 is 1.41 bits per heavy atom. The SMILES string of the molecule is NNc1nc(NCC2CCOC2)c(F)cc1F. The minimum Gasteiger partial charge on any atom is -0.381 e. The number of nitrogens with one attached hydrogen (secondary N) is 2. The van der Waals surface area contributed by atoms with Crippen molar-refractivity contribution in [3.8, 4) is 0 Å². The van der Waals surface area contributed by atoms with Gasteiger partial charge < -0.3 is 15.5 Å². The Balaban J connectivity index is 2.03. The molecule has 1 aromatic heterocycles. The standard InChI is InChI=1S/C10H14F2N4O/c11-7-3-8(12)10(16-13)15-9(7)14-4-6-1-2-17-5-6/h3,6H,1-2,4-5,13H2,(H2,14,15,16). The van der Waals surface area contributed by atoms with Crippen LogP contribution < -0.4 is 16.6 Å². The first kappa shape index (κ1) is 12.0. The summed E-state index contributed by atoms with van der Waals surface area (Å²) in [5, 5.41) is 2.83. The van der Waals surface area contributed by atoms with Crippen LogP contribution in [-0.2, 0) is 4.74 Å². The van der Waals surface area contributed by atoms with Crippen LogP contribution in [0, 0.1) is 17.6 Å². The Hall–Kier alpha value is -1.47. The topological polar surface area (TPSA) is 72.2 Å². The van der Waals surface area contributed by atoms with Gasteiger partial charge in [0.15, 0.2) is 23.3 Å². The lowest BCUT2D eigenvalue weighted by atomic mass is 10.1. The van der Waals surface area contributed by atoms with Crippen molar-refractivity contribution in [3.63, 3.8) is 0 Å². The van der Waals surface area contributed by atoms with Crippen LogP contribution in [0.15, 0.2) is 6.07 Å². The number of hydrogen-bond acceptors (Lipinski definition) is 5. The highest BCUT2D eigenvalue weighted by atomic mass is 19.1. The van der Waals surface area contributed by atoms with E-state index in [0.717, 1.165) is 19.1 Å². The van der Waals surface area contributed by atoms with E-state index in [1.807, 2.05) is 0 Å². The average Bonchev–Trinajstić information content (AvgIpc) is 2.81. The molecule has 1 aliphatic rings. The van der Waals surface area contributed by atoms with E-state index in [9.17, 15) is 8.78 Å². The first-order chi connectivity index (χ1) is 8.20. The molecule has 0 spiro atoms. The first-order valence-corrected chi connectivity index (χ1v) is 5.35. The fraction of sp³-hybridized carbons (Fsp3) is 0.500. The van der Waals surface area contributed by atoms with Crippen LogP contribution in [0.4, 0.5) is 20.4 Å². The molecule has 94 valence electrons. The fourth-order valence-electron chi connectivity index (χ4n) is 1.68. The summed E-state index contributed by atoms with van der Waals surface area (Å²) in [7, 11) is 0. The Morgan fingerprint density at radius 2 is 2.18 bits per heavy atom. The van der Waals surface area contributed by atoms with E-state index in [4.69, 9.17) is 10.6 Å². The van der Waals surface area contributed by atoms with Crippen molar-refractivity contribution in [2.45, 2.75) is 6.42 Å².